The minimum Gasteiger partial charge on any atom is -0.378 e. The summed E-state index contributed by atoms with van der Waals surface area (Å²) in [6.07, 6.45) is 0. The standard InChI is InChI=1S/C9H12N2O2.C7H6ClNO2/c1-7-6-8(10(2)3)4-5-9(7)11(12)13;1-5-4-6(8)2-3-7(5)9(10)11/h4-6H,1-3H3;2-4H,1H3. The molecular weight excluding hydrogens is 334 g/mol. The van der Waals surface area contributed by atoms with Crippen LogP contribution in [0, 0.1) is 34.1 Å². The zero-order valence-corrected chi connectivity index (χ0v) is 14.6. The topological polar surface area (TPSA) is 89.5 Å². The number of nitro benzene ring substituents is 2. The molecule has 0 aliphatic heterocycles. The number of hydrogen-bond acceptors (Lipinski definition) is 5. The Balaban J connectivity index is 0.000000243. The maximum Gasteiger partial charge on any atom is 0.272 e. The number of hydrogen-bond donors (Lipinski definition) is 0. The van der Waals surface area contributed by atoms with E-state index in [0.29, 0.717) is 16.1 Å². The third kappa shape index (κ3) is 5.20. The first kappa shape index (κ1) is 19.4. The van der Waals surface area contributed by atoms with Crippen LogP contribution in [0.5, 0.6) is 0 Å². The lowest BCUT2D eigenvalue weighted by Crippen LogP contribution is -2.08. The SMILES string of the molecule is Cc1cc(Cl)ccc1[N+](=O)[O-].Cc1cc(N(C)C)ccc1[N+](=O)[O-]. The van der Waals surface area contributed by atoms with Crippen molar-refractivity contribution in [1.82, 2.24) is 0 Å². The number of anilines is 1. The molecule has 2 aromatic carbocycles. The van der Waals surface area contributed by atoms with Crippen LogP contribution < -0.4 is 4.90 Å². The number of benzene rings is 2. The molecule has 0 saturated carbocycles. The summed E-state index contributed by atoms with van der Waals surface area (Å²) in [6, 6.07) is 9.55. The van der Waals surface area contributed by atoms with Crippen LogP contribution in [0.3, 0.4) is 0 Å². The maximum atomic E-state index is 10.5. The van der Waals surface area contributed by atoms with Gasteiger partial charge in [0.15, 0.2) is 0 Å². The quantitative estimate of drug-likeness (QED) is 0.598. The highest BCUT2D eigenvalue weighted by molar-refractivity contribution is 6.30. The van der Waals surface area contributed by atoms with Crippen molar-refractivity contribution in [3.63, 3.8) is 0 Å². The van der Waals surface area contributed by atoms with Gasteiger partial charge in [0.25, 0.3) is 11.4 Å². The van der Waals surface area contributed by atoms with E-state index in [1.165, 1.54) is 18.2 Å². The van der Waals surface area contributed by atoms with Gasteiger partial charge in [-0.25, -0.2) is 0 Å². The summed E-state index contributed by atoms with van der Waals surface area (Å²) in [5, 5.41) is 21.3. The third-order valence-corrected chi connectivity index (χ3v) is 3.48. The average molecular weight is 352 g/mol. The molecule has 0 unspecified atom stereocenters. The molecule has 0 atom stereocenters. The van der Waals surface area contributed by atoms with Crippen LogP contribution in [0.4, 0.5) is 17.1 Å². The molecule has 0 spiro atoms. The van der Waals surface area contributed by atoms with Crippen LogP contribution >= 0.6 is 11.6 Å². The minimum atomic E-state index is -0.425. The van der Waals surface area contributed by atoms with E-state index in [-0.39, 0.29) is 16.3 Å². The van der Waals surface area contributed by atoms with E-state index in [4.69, 9.17) is 11.6 Å². The van der Waals surface area contributed by atoms with E-state index < -0.39 is 4.92 Å². The van der Waals surface area contributed by atoms with Gasteiger partial charge in [-0.1, -0.05) is 11.6 Å². The molecule has 0 bridgehead atoms. The van der Waals surface area contributed by atoms with Gasteiger partial charge in [-0.2, -0.15) is 0 Å². The van der Waals surface area contributed by atoms with Gasteiger partial charge in [0.2, 0.25) is 0 Å². The number of aryl methyl sites for hydroxylation is 2. The Hall–Kier alpha value is -2.67. The summed E-state index contributed by atoms with van der Waals surface area (Å²) >= 11 is 5.60. The normalized spacial score (nSPS) is 9.71. The summed E-state index contributed by atoms with van der Waals surface area (Å²) in [7, 11) is 3.81. The van der Waals surface area contributed by atoms with Gasteiger partial charge in [-0.3, -0.25) is 20.2 Å². The van der Waals surface area contributed by atoms with Gasteiger partial charge in [0, 0.05) is 48.1 Å². The number of halogens is 1. The lowest BCUT2D eigenvalue weighted by Gasteiger charge is -2.12. The van der Waals surface area contributed by atoms with Gasteiger partial charge in [-0.15, -0.1) is 0 Å². The molecule has 2 aromatic rings. The molecular formula is C16H18ClN3O4. The molecule has 0 N–H and O–H groups in total. The summed E-state index contributed by atoms with van der Waals surface area (Å²) in [5.74, 6) is 0. The fourth-order valence-corrected chi connectivity index (χ4v) is 2.17. The first-order valence-corrected chi connectivity index (χ1v) is 7.34. The Morgan fingerprint density at radius 3 is 1.71 bits per heavy atom. The van der Waals surface area contributed by atoms with Crippen molar-refractivity contribution >= 4 is 28.7 Å². The first-order valence-electron chi connectivity index (χ1n) is 6.96. The van der Waals surface area contributed by atoms with E-state index in [1.54, 1.807) is 32.0 Å². The molecule has 2 rings (SSSR count). The monoisotopic (exact) mass is 351 g/mol. The highest BCUT2D eigenvalue weighted by Gasteiger charge is 2.10. The van der Waals surface area contributed by atoms with Crippen molar-refractivity contribution in [1.29, 1.82) is 0 Å². The zero-order chi connectivity index (χ0) is 18.4. The van der Waals surface area contributed by atoms with Gasteiger partial charge in [0.05, 0.1) is 9.85 Å². The van der Waals surface area contributed by atoms with Crippen LogP contribution in [0.15, 0.2) is 36.4 Å². The zero-order valence-electron chi connectivity index (χ0n) is 13.8. The lowest BCUT2D eigenvalue weighted by molar-refractivity contribution is -0.385. The molecule has 128 valence electrons. The molecule has 0 saturated heterocycles. The second-order valence-corrected chi connectivity index (χ2v) is 5.75. The van der Waals surface area contributed by atoms with Crippen LogP contribution in [0.1, 0.15) is 11.1 Å². The van der Waals surface area contributed by atoms with E-state index in [2.05, 4.69) is 0 Å². The molecule has 0 aliphatic rings. The number of nitrogens with zero attached hydrogens (tertiary/aromatic N) is 3. The molecule has 0 amide bonds. The number of rotatable bonds is 3. The van der Waals surface area contributed by atoms with E-state index in [9.17, 15) is 20.2 Å². The Labute approximate surface area is 144 Å². The molecule has 7 nitrogen and oxygen atoms in total. The fraction of sp³-hybridized carbons (Fsp3) is 0.250. The second kappa shape index (κ2) is 8.26. The van der Waals surface area contributed by atoms with E-state index >= 15 is 0 Å². The van der Waals surface area contributed by atoms with E-state index in [0.717, 1.165) is 5.69 Å². The van der Waals surface area contributed by atoms with Crippen molar-refractivity contribution in [2.24, 2.45) is 0 Å². The molecule has 0 radical (unpaired) electrons. The van der Waals surface area contributed by atoms with Crippen molar-refractivity contribution in [2.75, 3.05) is 19.0 Å². The first-order chi connectivity index (χ1) is 11.1. The van der Waals surface area contributed by atoms with Crippen molar-refractivity contribution < 1.29 is 9.85 Å². The largest absolute Gasteiger partial charge is 0.378 e. The molecule has 24 heavy (non-hydrogen) atoms. The number of nitro groups is 2. The third-order valence-electron chi connectivity index (χ3n) is 3.25. The molecule has 8 heteroatoms. The molecule has 0 aliphatic carbocycles. The Kier molecular flexibility index (Phi) is 6.67. The van der Waals surface area contributed by atoms with Gasteiger partial charge in [-0.05, 0) is 38.1 Å². The van der Waals surface area contributed by atoms with Gasteiger partial charge in [0.1, 0.15) is 0 Å². The molecule has 0 fully saturated rings. The summed E-state index contributed by atoms with van der Waals surface area (Å²) in [6.45, 7) is 3.40. The predicted octanol–water partition coefficient (Wildman–Crippen LogP) is 4.53. The fourth-order valence-electron chi connectivity index (χ4n) is 1.95. The van der Waals surface area contributed by atoms with Crippen LogP contribution in [0.25, 0.3) is 0 Å². The van der Waals surface area contributed by atoms with Crippen LogP contribution in [-0.2, 0) is 0 Å². The van der Waals surface area contributed by atoms with Crippen molar-refractivity contribution in [3.05, 3.63) is 72.8 Å². The smallest absolute Gasteiger partial charge is 0.272 e. The van der Waals surface area contributed by atoms with Crippen molar-refractivity contribution in [2.45, 2.75) is 13.8 Å². The van der Waals surface area contributed by atoms with Gasteiger partial charge >= 0.3 is 0 Å². The average Bonchev–Trinajstić information content (AvgIpc) is 2.46. The highest BCUT2D eigenvalue weighted by Crippen LogP contribution is 2.23. The Bertz CT molecular complexity index is 763. The second-order valence-electron chi connectivity index (χ2n) is 5.31. The van der Waals surface area contributed by atoms with Crippen LogP contribution in [-0.4, -0.2) is 23.9 Å². The Morgan fingerprint density at radius 2 is 1.33 bits per heavy atom. The summed E-state index contributed by atoms with van der Waals surface area (Å²) in [4.78, 5) is 21.9. The highest BCUT2D eigenvalue weighted by atomic mass is 35.5. The van der Waals surface area contributed by atoms with E-state index in [1.807, 2.05) is 19.0 Å². The van der Waals surface area contributed by atoms with Gasteiger partial charge < -0.3 is 4.90 Å². The summed E-state index contributed by atoms with van der Waals surface area (Å²) < 4.78 is 0. The van der Waals surface area contributed by atoms with Crippen molar-refractivity contribution in [3.8, 4) is 0 Å². The predicted molar refractivity (Wildman–Crippen MR) is 95.0 cm³/mol. The lowest BCUT2D eigenvalue weighted by atomic mass is 10.2. The molecule has 0 heterocycles. The minimum absolute atomic E-state index is 0.106. The molecule has 0 aromatic heterocycles. The Morgan fingerprint density at radius 1 is 0.875 bits per heavy atom. The summed E-state index contributed by atoms with van der Waals surface area (Å²) in [5.41, 5.74) is 2.53. The maximum absolute atomic E-state index is 10.5. The van der Waals surface area contributed by atoms with Crippen LogP contribution in [0.2, 0.25) is 5.02 Å².